The molecule has 1 aliphatic rings. The lowest BCUT2D eigenvalue weighted by atomic mass is 9.95. The second-order valence-electron chi connectivity index (χ2n) is 11.7. The van der Waals surface area contributed by atoms with Crippen LogP contribution in [-0.2, 0) is 0 Å². The molecule has 0 saturated heterocycles. The number of nitriles is 2. The lowest BCUT2D eigenvalue weighted by Crippen LogP contribution is -2.12. The molecule has 0 atom stereocenters. The van der Waals surface area contributed by atoms with Gasteiger partial charge in [-0.2, -0.15) is 10.5 Å². The molecule has 4 heteroatoms. The fraction of sp³-hybridized carbons (Fsp3) is 0.0222. The fourth-order valence-electron chi connectivity index (χ4n) is 6.18. The minimum absolute atomic E-state index is 0.193. The highest BCUT2D eigenvalue weighted by Crippen LogP contribution is 2.43. The third kappa shape index (κ3) is 6.58. The predicted molar refractivity (Wildman–Crippen MR) is 198 cm³/mol. The summed E-state index contributed by atoms with van der Waals surface area (Å²) in [5, 5.41) is 19.9. The molecule has 0 saturated carbocycles. The Morgan fingerprint density at radius 1 is 0.490 bits per heavy atom. The summed E-state index contributed by atoms with van der Waals surface area (Å²) in [7, 11) is 0. The standard InChI is InChI=1S/C45H30FN3/c46-45-40(30-47)28-44(29-41(45)31-48)49(43-26-38(34-18-10-4-11-19-34)23-39(27-43)35-20-12-5-13-21-35)42-24-36(32-14-6-1-2-7-15-32)22-37(25-42)33-16-8-3-9-17-33/h1-6,8-29H,7H2. The van der Waals surface area contributed by atoms with Crippen molar-refractivity contribution in [3.05, 3.63) is 192 Å². The van der Waals surface area contributed by atoms with Crippen LogP contribution in [0, 0.1) is 28.5 Å². The van der Waals surface area contributed by atoms with Gasteiger partial charge in [0, 0.05) is 17.1 Å². The van der Waals surface area contributed by atoms with E-state index in [9.17, 15) is 10.5 Å². The van der Waals surface area contributed by atoms with Crippen LogP contribution in [0.4, 0.5) is 21.5 Å². The number of hydrogen-bond acceptors (Lipinski definition) is 3. The molecule has 1 aliphatic carbocycles. The Hall–Kier alpha value is -6.75. The Morgan fingerprint density at radius 3 is 1.39 bits per heavy atom. The minimum atomic E-state index is -0.823. The number of anilines is 3. The van der Waals surface area contributed by atoms with Gasteiger partial charge >= 0.3 is 0 Å². The Bertz CT molecular complexity index is 2230. The summed E-state index contributed by atoms with van der Waals surface area (Å²) in [6.45, 7) is 0. The van der Waals surface area contributed by atoms with Crippen LogP contribution in [0.15, 0.2) is 170 Å². The molecule has 0 amide bonds. The van der Waals surface area contributed by atoms with Crippen molar-refractivity contribution in [2.24, 2.45) is 0 Å². The average Bonchev–Trinajstić information content (AvgIpc) is 3.46. The second-order valence-corrected chi connectivity index (χ2v) is 11.7. The fourth-order valence-corrected chi connectivity index (χ4v) is 6.18. The summed E-state index contributed by atoms with van der Waals surface area (Å²) in [5.74, 6) is -0.823. The molecule has 0 fully saturated rings. The summed E-state index contributed by atoms with van der Waals surface area (Å²) in [4.78, 5) is 2.02. The number of hydrogen-bond donors (Lipinski definition) is 0. The first kappa shape index (κ1) is 30.9. The van der Waals surface area contributed by atoms with Gasteiger partial charge in [-0.15, -0.1) is 0 Å². The molecule has 49 heavy (non-hydrogen) atoms. The summed E-state index contributed by atoms with van der Waals surface area (Å²) in [6.07, 6.45) is 11.3. The smallest absolute Gasteiger partial charge is 0.158 e. The van der Waals surface area contributed by atoms with Gasteiger partial charge in [0.1, 0.15) is 12.1 Å². The molecular formula is C45H30FN3. The molecule has 0 spiro atoms. The van der Waals surface area contributed by atoms with Crippen LogP contribution in [0.5, 0.6) is 0 Å². The number of halogens is 1. The van der Waals surface area contributed by atoms with Gasteiger partial charge in [-0.3, -0.25) is 0 Å². The van der Waals surface area contributed by atoms with E-state index in [0.29, 0.717) is 5.69 Å². The number of allylic oxidation sites excluding steroid dienone is 6. The molecule has 0 bridgehead atoms. The molecule has 0 aliphatic heterocycles. The van der Waals surface area contributed by atoms with Crippen molar-refractivity contribution in [1.29, 1.82) is 10.5 Å². The van der Waals surface area contributed by atoms with Gasteiger partial charge in [-0.25, -0.2) is 4.39 Å². The van der Waals surface area contributed by atoms with E-state index in [2.05, 4.69) is 91.0 Å². The second kappa shape index (κ2) is 13.9. The maximum Gasteiger partial charge on any atom is 0.158 e. The van der Waals surface area contributed by atoms with E-state index in [4.69, 9.17) is 0 Å². The van der Waals surface area contributed by atoms with E-state index in [1.54, 1.807) is 0 Å². The van der Waals surface area contributed by atoms with Crippen LogP contribution in [-0.4, -0.2) is 0 Å². The summed E-state index contributed by atoms with van der Waals surface area (Å²) in [5.41, 5.74) is 9.88. The Balaban J connectivity index is 1.55. The van der Waals surface area contributed by atoms with Crippen molar-refractivity contribution in [2.45, 2.75) is 6.42 Å². The molecule has 0 radical (unpaired) electrons. The zero-order valence-corrected chi connectivity index (χ0v) is 26.6. The summed E-state index contributed by atoms with van der Waals surface area (Å²) >= 11 is 0. The molecule has 6 aromatic carbocycles. The first-order chi connectivity index (χ1) is 24.1. The monoisotopic (exact) mass is 631 g/mol. The Kier molecular flexibility index (Phi) is 8.78. The highest BCUT2D eigenvalue weighted by Gasteiger charge is 2.21. The SMILES string of the molecule is N#Cc1cc(N(c2cc(C3=CCC=CC=C3)cc(-c3ccccc3)c2)c2cc(-c3ccccc3)cc(-c3ccccc3)c2)cc(C#N)c1F. The maximum absolute atomic E-state index is 15.2. The van der Waals surface area contributed by atoms with Crippen LogP contribution >= 0.6 is 0 Å². The van der Waals surface area contributed by atoms with E-state index in [1.165, 1.54) is 12.1 Å². The van der Waals surface area contributed by atoms with Gasteiger partial charge in [0.2, 0.25) is 0 Å². The van der Waals surface area contributed by atoms with Gasteiger partial charge in [0.25, 0.3) is 0 Å². The first-order valence-corrected chi connectivity index (χ1v) is 16.1. The molecule has 0 heterocycles. The molecule has 3 nitrogen and oxygen atoms in total. The minimum Gasteiger partial charge on any atom is -0.310 e. The van der Waals surface area contributed by atoms with E-state index >= 15 is 4.39 Å². The van der Waals surface area contributed by atoms with Gasteiger partial charge in [-0.1, -0.05) is 121 Å². The van der Waals surface area contributed by atoms with Gasteiger partial charge in [0.05, 0.1) is 11.1 Å². The van der Waals surface area contributed by atoms with E-state index < -0.39 is 5.82 Å². The molecule has 6 aromatic rings. The van der Waals surface area contributed by atoms with Crippen LogP contribution in [0.2, 0.25) is 0 Å². The van der Waals surface area contributed by atoms with E-state index in [-0.39, 0.29) is 11.1 Å². The number of rotatable bonds is 7. The molecule has 232 valence electrons. The summed E-state index contributed by atoms with van der Waals surface area (Å²) in [6, 6.07) is 50.3. The van der Waals surface area contributed by atoms with Crippen molar-refractivity contribution in [1.82, 2.24) is 0 Å². The van der Waals surface area contributed by atoms with Crippen molar-refractivity contribution in [2.75, 3.05) is 4.90 Å². The van der Waals surface area contributed by atoms with Gasteiger partial charge in [0.15, 0.2) is 5.82 Å². The number of benzene rings is 6. The quantitative estimate of drug-likeness (QED) is 0.176. The van der Waals surface area contributed by atoms with Crippen molar-refractivity contribution in [3.63, 3.8) is 0 Å². The summed E-state index contributed by atoms with van der Waals surface area (Å²) < 4.78 is 15.2. The first-order valence-electron chi connectivity index (χ1n) is 16.1. The van der Waals surface area contributed by atoms with Crippen LogP contribution in [0.1, 0.15) is 23.1 Å². The third-order valence-electron chi connectivity index (χ3n) is 8.56. The van der Waals surface area contributed by atoms with Crippen molar-refractivity contribution < 1.29 is 4.39 Å². The van der Waals surface area contributed by atoms with Crippen LogP contribution in [0.3, 0.4) is 0 Å². The molecule has 0 N–H and O–H groups in total. The zero-order valence-electron chi connectivity index (χ0n) is 26.6. The Labute approximate surface area is 286 Å². The van der Waals surface area contributed by atoms with E-state index in [0.717, 1.165) is 62.3 Å². The predicted octanol–water partition coefficient (Wildman–Crippen LogP) is 11.9. The van der Waals surface area contributed by atoms with Crippen LogP contribution < -0.4 is 4.90 Å². The Morgan fingerprint density at radius 2 is 0.918 bits per heavy atom. The van der Waals surface area contributed by atoms with Gasteiger partial charge in [-0.05, 0) is 99.5 Å². The lowest BCUT2D eigenvalue weighted by molar-refractivity contribution is 0.620. The highest BCUT2D eigenvalue weighted by atomic mass is 19.1. The molecular weight excluding hydrogens is 602 g/mol. The average molecular weight is 632 g/mol. The zero-order chi connectivity index (χ0) is 33.6. The number of nitrogens with zero attached hydrogens (tertiary/aromatic N) is 3. The van der Waals surface area contributed by atoms with Gasteiger partial charge < -0.3 is 4.90 Å². The van der Waals surface area contributed by atoms with E-state index in [1.807, 2.05) is 83.8 Å². The topological polar surface area (TPSA) is 50.8 Å². The van der Waals surface area contributed by atoms with Crippen molar-refractivity contribution >= 4 is 22.6 Å². The molecule has 0 aromatic heterocycles. The lowest BCUT2D eigenvalue weighted by Gasteiger charge is -2.28. The third-order valence-corrected chi connectivity index (χ3v) is 8.56. The normalized spacial score (nSPS) is 12.0. The molecule has 0 unspecified atom stereocenters. The van der Waals surface area contributed by atoms with Crippen LogP contribution in [0.25, 0.3) is 39.0 Å². The van der Waals surface area contributed by atoms with Crippen molar-refractivity contribution in [3.8, 4) is 45.5 Å². The molecule has 7 rings (SSSR count). The largest absolute Gasteiger partial charge is 0.310 e. The highest BCUT2D eigenvalue weighted by molar-refractivity contribution is 5.89. The maximum atomic E-state index is 15.2.